The second-order valence-electron chi connectivity index (χ2n) is 4.86. The van der Waals surface area contributed by atoms with Gasteiger partial charge in [0.15, 0.2) is 0 Å². The van der Waals surface area contributed by atoms with Crippen LogP contribution in [0.25, 0.3) is 0 Å². The van der Waals surface area contributed by atoms with E-state index >= 15 is 0 Å². The van der Waals surface area contributed by atoms with Gasteiger partial charge in [-0.1, -0.05) is 34.1 Å². The molecule has 0 saturated heterocycles. The van der Waals surface area contributed by atoms with Crippen molar-refractivity contribution in [2.24, 2.45) is 17.1 Å². The predicted molar refractivity (Wildman–Crippen MR) is 59.9 cm³/mol. The van der Waals surface area contributed by atoms with Crippen LogP contribution in [0.15, 0.2) is 0 Å². The molecule has 3 nitrogen and oxygen atoms in total. The van der Waals surface area contributed by atoms with Crippen molar-refractivity contribution in [3.8, 4) is 0 Å². The summed E-state index contributed by atoms with van der Waals surface area (Å²) in [6.45, 7) is 9.55. The Labute approximate surface area is 87.4 Å². The van der Waals surface area contributed by atoms with E-state index in [0.29, 0.717) is 25.4 Å². The Morgan fingerprint density at radius 2 is 2.07 bits per heavy atom. The lowest BCUT2D eigenvalue weighted by Crippen LogP contribution is -2.38. The molecule has 0 fully saturated rings. The summed E-state index contributed by atoms with van der Waals surface area (Å²) in [7, 11) is 0. The summed E-state index contributed by atoms with van der Waals surface area (Å²) in [5, 5.41) is 2.92. The number of nitrogens with two attached hydrogens (primary N) is 1. The number of carbonyl (C=O) groups is 1. The minimum absolute atomic E-state index is 0.00507. The van der Waals surface area contributed by atoms with Gasteiger partial charge in [0.2, 0.25) is 5.91 Å². The normalized spacial score (nSPS) is 13.8. The minimum Gasteiger partial charge on any atom is -0.356 e. The summed E-state index contributed by atoms with van der Waals surface area (Å²) >= 11 is 0. The van der Waals surface area contributed by atoms with Crippen LogP contribution in [0.4, 0.5) is 0 Å². The van der Waals surface area contributed by atoms with E-state index in [0.717, 1.165) is 6.42 Å². The van der Waals surface area contributed by atoms with E-state index in [1.165, 1.54) is 0 Å². The number of carbonyl (C=O) groups excluding carboxylic acids is 1. The highest BCUT2D eigenvalue weighted by molar-refractivity contribution is 5.76. The molecule has 3 N–H and O–H groups in total. The fourth-order valence-corrected chi connectivity index (χ4v) is 0.943. The Kier molecular flexibility index (Phi) is 5.77. The maximum atomic E-state index is 11.4. The largest absolute Gasteiger partial charge is 0.356 e. The first kappa shape index (κ1) is 13.4. The third-order valence-electron chi connectivity index (χ3n) is 2.55. The smallest absolute Gasteiger partial charge is 0.220 e. The topological polar surface area (TPSA) is 55.1 Å². The first-order valence-electron chi connectivity index (χ1n) is 5.38. The van der Waals surface area contributed by atoms with Gasteiger partial charge >= 0.3 is 0 Å². The summed E-state index contributed by atoms with van der Waals surface area (Å²) in [5.41, 5.74) is 5.57. The lowest BCUT2D eigenvalue weighted by Gasteiger charge is -2.23. The molecular formula is C11H24N2O. The van der Waals surface area contributed by atoms with E-state index < -0.39 is 0 Å². The molecule has 1 amide bonds. The van der Waals surface area contributed by atoms with Gasteiger partial charge in [-0.05, 0) is 17.9 Å². The molecule has 0 heterocycles. The highest BCUT2D eigenvalue weighted by Crippen LogP contribution is 2.11. The molecule has 0 aliphatic heterocycles. The number of amides is 1. The Morgan fingerprint density at radius 3 is 2.50 bits per heavy atom. The number of hydrogen-bond donors (Lipinski definition) is 2. The van der Waals surface area contributed by atoms with Gasteiger partial charge in [0.25, 0.3) is 0 Å². The van der Waals surface area contributed by atoms with E-state index in [2.05, 4.69) is 33.0 Å². The third kappa shape index (κ3) is 5.97. The molecule has 0 aliphatic carbocycles. The molecule has 0 bridgehead atoms. The van der Waals surface area contributed by atoms with Gasteiger partial charge in [-0.3, -0.25) is 4.79 Å². The molecule has 0 saturated carbocycles. The van der Waals surface area contributed by atoms with Crippen LogP contribution in [0.1, 0.15) is 40.5 Å². The molecule has 1 atom stereocenters. The van der Waals surface area contributed by atoms with E-state index in [4.69, 9.17) is 5.73 Å². The van der Waals surface area contributed by atoms with Crippen molar-refractivity contribution in [3.05, 3.63) is 0 Å². The molecule has 84 valence electrons. The summed E-state index contributed by atoms with van der Waals surface area (Å²) in [5.74, 6) is 0.608. The molecule has 0 radical (unpaired) electrons. The van der Waals surface area contributed by atoms with Crippen LogP contribution in [-0.4, -0.2) is 19.0 Å². The van der Waals surface area contributed by atoms with Crippen LogP contribution in [0.5, 0.6) is 0 Å². The highest BCUT2D eigenvalue weighted by Gasteiger charge is 2.16. The first-order valence-corrected chi connectivity index (χ1v) is 5.38. The molecular weight excluding hydrogens is 176 g/mol. The van der Waals surface area contributed by atoms with E-state index in [-0.39, 0.29) is 11.3 Å². The lowest BCUT2D eigenvalue weighted by molar-refractivity contribution is -0.122. The SMILES string of the molecule is CCC(C)CC(=O)NCC(C)(C)CN. The van der Waals surface area contributed by atoms with Crippen molar-refractivity contribution in [1.29, 1.82) is 0 Å². The quantitative estimate of drug-likeness (QED) is 0.683. The second kappa shape index (κ2) is 6.02. The fourth-order valence-electron chi connectivity index (χ4n) is 0.943. The van der Waals surface area contributed by atoms with E-state index in [1.54, 1.807) is 0 Å². The van der Waals surface area contributed by atoms with Gasteiger partial charge in [0, 0.05) is 13.0 Å². The van der Waals surface area contributed by atoms with Crippen molar-refractivity contribution in [2.75, 3.05) is 13.1 Å². The standard InChI is InChI=1S/C11H24N2O/c1-5-9(2)6-10(14)13-8-11(3,4)7-12/h9H,5-8,12H2,1-4H3,(H,13,14). The summed E-state index contributed by atoms with van der Waals surface area (Å²) < 4.78 is 0. The number of rotatable bonds is 6. The average Bonchev–Trinajstić information content (AvgIpc) is 2.15. The zero-order valence-corrected chi connectivity index (χ0v) is 9.89. The molecule has 0 aromatic rings. The van der Waals surface area contributed by atoms with Gasteiger partial charge in [0.05, 0.1) is 0 Å². The molecule has 14 heavy (non-hydrogen) atoms. The zero-order valence-electron chi connectivity index (χ0n) is 9.89. The molecule has 0 aromatic carbocycles. The molecule has 0 spiro atoms. The molecule has 0 rings (SSSR count). The van der Waals surface area contributed by atoms with Crippen LogP contribution >= 0.6 is 0 Å². The van der Waals surface area contributed by atoms with Crippen LogP contribution in [0, 0.1) is 11.3 Å². The fraction of sp³-hybridized carbons (Fsp3) is 0.909. The zero-order chi connectivity index (χ0) is 11.2. The van der Waals surface area contributed by atoms with E-state index in [9.17, 15) is 4.79 Å². The summed E-state index contributed by atoms with van der Waals surface area (Å²) in [4.78, 5) is 11.4. The second-order valence-corrected chi connectivity index (χ2v) is 4.86. The Hall–Kier alpha value is -0.570. The minimum atomic E-state index is 0.00507. The Balaban J connectivity index is 3.74. The van der Waals surface area contributed by atoms with Gasteiger partial charge in [0.1, 0.15) is 0 Å². The summed E-state index contributed by atoms with van der Waals surface area (Å²) in [6.07, 6.45) is 1.67. The first-order chi connectivity index (χ1) is 6.41. The van der Waals surface area contributed by atoms with Crippen LogP contribution in [0.3, 0.4) is 0 Å². The van der Waals surface area contributed by atoms with Crippen molar-refractivity contribution in [2.45, 2.75) is 40.5 Å². The third-order valence-corrected chi connectivity index (χ3v) is 2.55. The maximum absolute atomic E-state index is 11.4. The van der Waals surface area contributed by atoms with Crippen LogP contribution in [-0.2, 0) is 4.79 Å². The maximum Gasteiger partial charge on any atom is 0.220 e. The highest BCUT2D eigenvalue weighted by atomic mass is 16.1. The number of nitrogens with one attached hydrogen (secondary N) is 1. The van der Waals surface area contributed by atoms with Crippen molar-refractivity contribution in [3.63, 3.8) is 0 Å². The monoisotopic (exact) mass is 200 g/mol. The van der Waals surface area contributed by atoms with Crippen molar-refractivity contribution >= 4 is 5.91 Å². The molecule has 0 aromatic heterocycles. The average molecular weight is 200 g/mol. The predicted octanol–water partition coefficient (Wildman–Crippen LogP) is 1.52. The van der Waals surface area contributed by atoms with Crippen LogP contribution < -0.4 is 11.1 Å². The van der Waals surface area contributed by atoms with Gasteiger partial charge in [-0.25, -0.2) is 0 Å². The molecule has 1 unspecified atom stereocenters. The molecule has 3 heteroatoms. The summed E-state index contributed by atoms with van der Waals surface area (Å²) in [6, 6.07) is 0. The van der Waals surface area contributed by atoms with Crippen molar-refractivity contribution < 1.29 is 4.79 Å². The van der Waals surface area contributed by atoms with Crippen LogP contribution in [0.2, 0.25) is 0 Å². The van der Waals surface area contributed by atoms with Gasteiger partial charge in [-0.15, -0.1) is 0 Å². The van der Waals surface area contributed by atoms with Gasteiger partial charge < -0.3 is 11.1 Å². The Morgan fingerprint density at radius 1 is 1.50 bits per heavy atom. The van der Waals surface area contributed by atoms with Gasteiger partial charge in [-0.2, -0.15) is 0 Å². The van der Waals surface area contributed by atoms with E-state index in [1.807, 2.05) is 0 Å². The Bertz CT molecular complexity index is 178. The molecule has 0 aliphatic rings. The number of hydrogen-bond acceptors (Lipinski definition) is 2. The lowest BCUT2D eigenvalue weighted by atomic mass is 9.93. The van der Waals surface area contributed by atoms with Crippen molar-refractivity contribution in [1.82, 2.24) is 5.32 Å².